The molecule has 1 amide bonds. The van der Waals surface area contributed by atoms with Crippen LogP contribution in [0.15, 0.2) is 29.1 Å². The summed E-state index contributed by atoms with van der Waals surface area (Å²) < 4.78 is 0. The van der Waals surface area contributed by atoms with Crippen molar-refractivity contribution in [3.63, 3.8) is 0 Å². The molecule has 1 aromatic heterocycles. The van der Waals surface area contributed by atoms with Gasteiger partial charge in [0, 0.05) is 17.2 Å². The number of aromatic amines is 1. The molecule has 2 N–H and O–H groups in total. The van der Waals surface area contributed by atoms with Gasteiger partial charge in [0.05, 0.1) is 5.02 Å². The number of benzene rings is 1. The number of H-pyrrole nitrogens is 1. The predicted molar refractivity (Wildman–Crippen MR) is 83.8 cm³/mol. The number of hydrogen-bond donors (Lipinski definition) is 2. The number of hydrogen-bond acceptors (Lipinski definition) is 3. The Labute approximate surface area is 131 Å². The second kappa shape index (κ2) is 6.28. The van der Waals surface area contributed by atoms with Crippen LogP contribution < -0.4 is 10.9 Å². The van der Waals surface area contributed by atoms with Gasteiger partial charge in [0.2, 0.25) is 5.91 Å². The average molecular weight is 326 g/mol. The molecule has 5 nitrogen and oxygen atoms in total. The number of nitrogens with zero attached hydrogens (tertiary/aromatic N) is 1. The molecule has 0 radical (unpaired) electrons. The molecule has 110 valence electrons. The van der Waals surface area contributed by atoms with Crippen LogP contribution in [0.3, 0.4) is 0 Å². The standard InChI is InChI=1S/C14H13Cl2N3O2/c1-7(2)13(20)17-9-5-3-8(4-6-9)12-10(15)11(16)14(21)19-18-12/h3-7H,1-2H3,(H,17,20)(H,19,21). The molecule has 0 fully saturated rings. The maximum Gasteiger partial charge on any atom is 0.284 e. The van der Waals surface area contributed by atoms with E-state index in [1.165, 1.54) is 0 Å². The van der Waals surface area contributed by atoms with Gasteiger partial charge in [-0.3, -0.25) is 9.59 Å². The zero-order valence-electron chi connectivity index (χ0n) is 11.4. The molecule has 0 aliphatic rings. The van der Waals surface area contributed by atoms with Crippen molar-refractivity contribution in [2.24, 2.45) is 5.92 Å². The van der Waals surface area contributed by atoms with Crippen LogP contribution >= 0.6 is 23.2 Å². The monoisotopic (exact) mass is 325 g/mol. The highest BCUT2D eigenvalue weighted by atomic mass is 35.5. The first-order chi connectivity index (χ1) is 9.90. The number of amides is 1. The van der Waals surface area contributed by atoms with E-state index in [-0.39, 0.29) is 21.9 Å². The van der Waals surface area contributed by atoms with E-state index in [0.29, 0.717) is 16.9 Å². The quantitative estimate of drug-likeness (QED) is 0.908. The Morgan fingerprint density at radius 1 is 1.19 bits per heavy atom. The molecule has 0 saturated heterocycles. The van der Waals surface area contributed by atoms with Crippen molar-refractivity contribution < 1.29 is 4.79 Å². The summed E-state index contributed by atoms with van der Waals surface area (Å²) in [5.41, 5.74) is 1.19. The van der Waals surface area contributed by atoms with Crippen LogP contribution in [0.25, 0.3) is 11.3 Å². The topological polar surface area (TPSA) is 74.8 Å². The predicted octanol–water partition coefficient (Wildman–Crippen LogP) is 3.34. The second-order valence-electron chi connectivity index (χ2n) is 4.75. The summed E-state index contributed by atoms with van der Waals surface area (Å²) in [7, 11) is 0. The minimum atomic E-state index is -0.536. The summed E-state index contributed by atoms with van der Waals surface area (Å²) in [5, 5.41) is 8.94. The van der Waals surface area contributed by atoms with Crippen LogP contribution in [0.1, 0.15) is 13.8 Å². The molecule has 0 unspecified atom stereocenters. The van der Waals surface area contributed by atoms with Crippen molar-refractivity contribution in [2.45, 2.75) is 13.8 Å². The minimum Gasteiger partial charge on any atom is -0.326 e. The van der Waals surface area contributed by atoms with E-state index in [1.807, 2.05) is 13.8 Å². The number of aromatic nitrogens is 2. The molecule has 21 heavy (non-hydrogen) atoms. The summed E-state index contributed by atoms with van der Waals surface area (Å²) in [6.07, 6.45) is 0. The normalized spacial score (nSPS) is 10.7. The third-order valence-electron chi connectivity index (χ3n) is 2.82. The zero-order valence-corrected chi connectivity index (χ0v) is 12.9. The minimum absolute atomic E-state index is 0.0639. The molecule has 0 atom stereocenters. The van der Waals surface area contributed by atoms with Crippen LogP contribution in [0, 0.1) is 5.92 Å². The first-order valence-electron chi connectivity index (χ1n) is 6.25. The SMILES string of the molecule is CC(C)C(=O)Nc1ccc(-c2n[nH]c(=O)c(Cl)c2Cl)cc1. The Bertz CT molecular complexity index is 724. The first kappa shape index (κ1) is 15.5. The molecule has 0 saturated carbocycles. The Morgan fingerprint density at radius 2 is 1.81 bits per heavy atom. The third-order valence-corrected chi connectivity index (χ3v) is 3.64. The fourth-order valence-corrected chi connectivity index (χ4v) is 1.97. The van der Waals surface area contributed by atoms with Gasteiger partial charge in [-0.2, -0.15) is 5.10 Å². The summed E-state index contributed by atoms with van der Waals surface area (Å²) in [5.74, 6) is -0.162. The summed E-state index contributed by atoms with van der Waals surface area (Å²) in [6, 6.07) is 6.93. The molecular weight excluding hydrogens is 313 g/mol. The highest BCUT2D eigenvalue weighted by Crippen LogP contribution is 2.29. The molecule has 1 heterocycles. The van der Waals surface area contributed by atoms with Gasteiger partial charge in [0.15, 0.2) is 0 Å². The number of anilines is 1. The van der Waals surface area contributed by atoms with E-state index in [1.54, 1.807) is 24.3 Å². The lowest BCUT2D eigenvalue weighted by atomic mass is 10.1. The fraction of sp³-hybridized carbons (Fsp3) is 0.214. The van der Waals surface area contributed by atoms with Crippen molar-refractivity contribution in [3.8, 4) is 11.3 Å². The lowest BCUT2D eigenvalue weighted by Crippen LogP contribution is -2.17. The van der Waals surface area contributed by atoms with Crippen molar-refractivity contribution >= 4 is 34.8 Å². The van der Waals surface area contributed by atoms with Gasteiger partial charge in [-0.05, 0) is 12.1 Å². The van der Waals surface area contributed by atoms with Crippen molar-refractivity contribution in [2.75, 3.05) is 5.32 Å². The fourth-order valence-electron chi connectivity index (χ4n) is 1.60. The Balaban J connectivity index is 2.30. The summed E-state index contributed by atoms with van der Waals surface area (Å²) in [4.78, 5) is 22.9. The van der Waals surface area contributed by atoms with Gasteiger partial charge in [-0.15, -0.1) is 0 Å². The van der Waals surface area contributed by atoms with Gasteiger partial charge in [-0.1, -0.05) is 49.2 Å². The molecular formula is C14H13Cl2N3O2. The number of halogens is 2. The van der Waals surface area contributed by atoms with E-state index in [4.69, 9.17) is 23.2 Å². The van der Waals surface area contributed by atoms with Crippen molar-refractivity contribution in [3.05, 3.63) is 44.7 Å². The second-order valence-corrected chi connectivity index (χ2v) is 5.51. The zero-order chi connectivity index (χ0) is 15.6. The molecule has 0 aliphatic heterocycles. The van der Waals surface area contributed by atoms with Crippen LogP contribution in [0.2, 0.25) is 10.0 Å². The molecule has 0 aliphatic carbocycles. The van der Waals surface area contributed by atoms with E-state index >= 15 is 0 Å². The van der Waals surface area contributed by atoms with E-state index < -0.39 is 5.56 Å². The van der Waals surface area contributed by atoms with Gasteiger partial charge >= 0.3 is 0 Å². The van der Waals surface area contributed by atoms with Gasteiger partial charge in [0.25, 0.3) is 5.56 Å². The Hall–Kier alpha value is -1.85. The average Bonchev–Trinajstić information content (AvgIpc) is 2.46. The Kier molecular flexibility index (Phi) is 4.65. The first-order valence-corrected chi connectivity index (χ1v) is 7.00. The molecule has 7 heteroatoms. The largest absolute Gasteiger partial charge is 0.326 e. The number of carbonyl (C=O) groups excluding carboxylic acids is 1. The van der Waals surface area contributed by atoms with Crippen LogP contribution in [-0.2, 0) is 4.79 Å². The van der Waals surface area contributed by atoms with Crippen LogP contribution in [0.5, 0.6) is 0 Å². The summed E-state index contributed by atoms with van der Waals surface area (Å²) >= 11 is 11.8. The highest BCUT2D eigenvalue weighted by molar-refractivity contribution is 6.43. The Morgan fingerprint density at radius 3 is 2.38 bits per heavy atom. The van der Waals surface area contributed by atoms with Crippen LogP contribution in [0.4, 0.5) is 5.69 Å². The number of rotatable bonds is 3. The van der Waals surface area contributed by atoms with Gasteiger partial charge in [0.1, 0.15) is 10.7 Å². The molecule has 0 bridgehead atoms. The number of carbonyl (C=O) groups is 1. The molecule has 1 aromatic carbocycles. The summed E-state index contributed by atoms with van der Waals surface area (Å²) in [6.45, 7) is 3.63. The smallest absolute Gasteiger partial charge is 0.284 e. The van der Waals surface area contributed by atoms with Crippen molar-refractivity contribution in [1.82, 2.24) is 10.2 Å². The molecule has 2 aromatic rings. The third kappa shape index (κ3) is 3.43. The number of nitrogens with one attached hydrogen (secondary N) is 2. The van der Waals surface area contributed by atoms with E-state index in [2.05, 4.69) is 15.5 Å². The van der Waals surface area contributed by atoms with Gasteiger partial charge in [-0.25, -0.2) is 5.10 Å². The highest BCUT2D eigenvalue weighted by Gasteiger charge is 2.13. The van der Waals surface area contributed by atoms with Crippen molar-refractivity contribution in [1.29, 1.82) is 0 Å². The van der Waals surface area contributed by atoms with Gasteiger partial charge < -0.3 is 5.32 Å². The molecule has 2 rings (SSSR count). The van der Waals surface area contributed by atoms with E-state index in [0.717, 1.165) is 0 Å². The van der Waals surface area contributed by atoms with E-state index in [9.17, 15) is 9.59 Å². The lowest BCUT2D eigenvalue weighted by molar-refractivity contribution is -0.118. The maximum absolute atomic E-state index is 11.6. The lowest BCUT2D eigenvalue weighted by Gasteiger charge is -2.09. The van der Waals surface area contributed by atoms with Crippen LogP contribution in [-0.4, -0.2) is 16.1 Å². The molecule has 0 spiro atoms. The maximum atomic E-state index is 11.6.